The van der Waals surface area contributed by atoms with E-state index >= 15 is 0 Å². The standard InChI is InChI=1S/C22H30N4O2/c1-16-8-10-19(11-9-16)26-13-12-18(15-26)25-22(23-2)24-14-17-6-5-7-20(27-3)21(17)28-4/h5-11,18H,12-15H2,1-4H3,(H2,23,24,25). The molecule has 1 heterocycles. The molecule has 0 bridgehead atoms. The van der Waals surface area contributed by atoms with E-state index in [-0.39, 0.29) is 0 Å². The number of hydrogen-bond acceptors (Lipinski definition) is 4. The summed E-state index contributed by atoms with van der Waals surface area (Å²) < 4.78 is 10.9. The van der Waals surface area contributed by atoms with E-state index in [2.05, 4.69) is 51.7 Å². The predicted octanol–water partition coefficient (Wildman–Crippen LogP) is 2.96. The average Bonchev–Trinajstić information content (AvgIpc) is 3.19. The van der Waals surface area contributed by atoms with Crippen molar-refractivity contribution in [2.45, 2.75) is 25.9 Å². The molecule has 1 saturated heterocycles. The van der Waals surface area contributed by atoms with Crippen LogP contribution in [-0.2, 0) is 6.54 Å². The topological polar surface area (TPSA) is 58.1 Å². The number of guanidine groups is 1. The number of nitrogens with one attached hydrogen (secondary N) is 2. The van der Waals surface area contributed by atoms with Crippen LogP contribution in [0.5, 0.6) is 11.5 Å². The Balaban J connectivity index is 1.56. The summed E-state index contributed by atoms with van der Waals surface area (Å²) in [6.45, 7) is 4.73. The Morgan fingerprint density at radius 1 is 1.14 bits per heavy atom. The Morgan fingerprint density at radius 2 is 1.93 bits per heavy atom. The number of ether oxygens (including phenoxy) is 2. The Hall–Kier alpha value is -2.89. The summed E-state index contributed by atoms with van der Waals surface area (Å²) in [5, 5.41) is 6.92. The number of anilines is 1. The van der Waals surface area contributed by atoms with Gasteiger partial charge in [0.1, 0.15) is 0 Å². The third kappa shape index (κ3) is 4.68. The van der Waals surface area contributed by atoms with Gasteiger partial charge in [0.15, 0.2) is 17.5 Å². The second-order valence-corrected chi connectivity index (χ2v) is 6.99. The number of nitrogens with zero attached hydrogens (tertiary/aromatic N) is 2. The van der Waals surface area contributed by atoms with Gasteiger partial charge in [-0.05, 0) is 31.5 Å². The second kappa shape index (κ2) is 9.35. The highest BCUT2D eigenvalue weighted by atomic mass is 16.5. The molecule has 1 atom stereocenters. The zero-order chi connectivity index (χ0) is 19.9. The van der Waals surface area contributed by atoms with Crippen LogP contribution in [0.4, 0.5) is 5.69 Å². The van der Waals surface area contributed by atoms with Gasteiger partial charge in [0.25, 0.3) is 0 Å². The lowest BCUT2D eigenvalue weighted by Gasteiger charge is -2.21. The number of aryl methyl sites for hydroxylation is 1. The summed E-state index contributed by atoms with van der Waals surface area (Å²) in [5.41, 5.74) is 3.59. The molecule has 3 rings (SSSR count). The fourth-order valence-corrected chi connectivity index (χ4v) is 3.53. The van der Waals surface area contributed by atoms with Crippen molar-refractivity contribution in [2.24, 2.45) is 4.99 Å². The van der Waals surface area contributed by atoms with Gasteiger partial charge < -0.3 is 25.0 Å². The van der Waals surface area contributed by atoms with Crippen LogP contribution in [0.25, 0.3) is 0 Å². The molecular formula is C22H30N4O2. The highest BCUT2D eigenvalue weighted by molar-refractivity contribution is 5.80. The van der Waals surface area contributed by atoms with Gasteiger partial charge in [0.05, 0.1) is 14.2 Å². The van der Waals surface area contributed by atoms with Crippen molar-refractivity contribution in [3.8, 4) is 11.5 Å². The van der Waals surface area contributed by atoms with Gasteiger partial charge in [-0.25, -0.2) is 0 Å². The molecule has 0 amide bonds. The minimum atomic E-state index is 0.361. The van der Waals surface area contributed by atoms with E-state index in [1.807, 2.05) is 18.2 Å². The zero-order valence-electron chi connectivity index (χ0n) is 17.2. The number of hydrogen-bond donors (Lipinski definition) is 2. The van der Waals surface area contributed by atoms with E-state index in [9.17, 15) is 0 Å². The van der Waals surface area contributed by atoms with E-state index in [0.717, 1.165) is 42.5 Å². The van der Waals surface area contributed by atoms with Gasteiger partial charge in [-0.2, -0.15) is 0 Å². The smallest absolute Gasteiger partial charge is 0.191 e. The van der Waals surface area contributed by atoms with E-state index in [1.165, 1.54) is 11.3 Å². The van der Waals surface area contributed by atoms with Gasteiger partial charge in [0.2, 0.25) is 0 Å². The molecule has 1 aliphatic heterocycles. The number of methoxy groups -OCH3 is 2. The molecule has 0 spiro atoms. The van der Waals surface area contributed by atoms with Crippen LogP contribution in [-0.4, -0.2) is 46.4 Å². The van der Waals surface area contributed by atoms with Crippen LogP contribution in [0.3, 0.4) is 0 Å². The predicted molar refractivity (Wildman–Crippen MR) is 115 cm³/mol. The van der Waals surface area contributed by atoms with E-state index in [4.69, 9.17) is 9.47 Å². The number of rotatable bonds is 6. The van der Waals surface area contributed by atoms with Crippen molar-refractivity contribution in [3.05, 3.63) is 53.6 Å². The maximum Gasteiger partial charge on any atom is 0.191 e. The lowest BCUT2D eigenvalue weighted by Crippen LogP contribution is -2.44. The maximum absolute atomic E-state index is 5.51. The van der Waals surface area contributed by atoms with Crippen molar-refractivity contribution >= 4 is 11.6 Å². The van der Waals surface area contributed by atoms with Crippen LogP contribution >= 0.6 is 0 Å². The molecule has 6 nitrogen and oxygen atoms in total. The fourth-order valence-electron chi connectivity index (χ4n) is 3.53. The third-order valence-electron chi connectivity index (χ3n) is 5.08. The largest absolute Gasteiger partial charge is 0.493 e. The molecule has 6 heteroatoms. The molecule has 0 saturated carbocycles. The van der Waals surface area contributed by atoms with Gasteiger partial charge in [-0.3, -0.25) is 4.99 Å². The molecule has 1 unspecified atom stereocenters. The fraction of sp³-hybridized carbons (Fsp3) is 0.409. The van der Waals surface area contributed by atoms with Crippen LogP contribution in [0.2, 0.25) is 0 Å². The summed E-state index contributed by atoms with van der Waals surface area (Å²) >= 11 is 0. The zero-order valence-corrected chi connectivity index (χ0v) is 17.2. The molecule has 0 aromatic heterocycles. The maximum atomic E-state index is 5.51. The average molecular weight is 383 g/mol. The van der Waals surface area contributed by atoms with Gasteiger partial charge in [-0.15, -0.1) is 0 Å². The van der Waals surface area contributed by atoms with Crippen LogP contribution < -0.4 is 25.0 Å². The molecular weight excluding hydrogens is 352 g/mol. The van der Waals surface area contributed by atoms with Crippen molar-refractivity contribution in [2.75, 3.05) is 39.3 Å². The third-order valence-corrected chi connectivity index (χ3v) is 5.08. The Kier molecular flexibility index (Phi) is 6.63. The Labute approximate surface area is 167 Å². The number of aliphatic imine (C=N–C) groups is 1. The Bertz CT molecular complexity index is 805. The van der Waals surface area contributed by atoms with E-state index in [1.54, 1.807) is 21.3 Å². The monoisotopic (exact) mass is 382 g/mol. The molecule has 0 radical (unpaired) electrons. The summed E-state index contributed by atoms with van der Waals surface area (Å²) in [6, 6.07) is 15.0. The van der Waals surface area contributed by atoms with Crippen LogP contribution in [0.1, 0.15) is 17.5 Å². The van der Waals surface area contributed by atoms with Crippen LogP contribution in [0, 0.1) is 6.92 Å². The molecule has 28 heavy (non-hydrogen) atoms. The van der Waals surface area contributed by atoms with Gasteiger partial charge in [0, 0.05) is 44.0 Å². The molecule has 2 aromatic rings. The lowest BCUT2D eigenvalue weighted by molar-refractivity contribution is 0.351. The molecule has 0 aliphatic carbocycles. The Morgan fingerprint density at radius 3 is 2.61 bits per heavy atom. The first-order valence-corrected chi connectivity index (χ1v) is 9.63. The second-order valence-electron chi connectivity index (χ2n) is 6.99. The van der Waals surface area contributed by atoms with Crippen molar-refractivity contribution in [3.63, 3.8) is 0 Å². The van der Waals surface area contributed by atoms with E-state index < -0.39 is 0 Å². The van der Waals surface area contributed by atoms with Crippen molar-refractivity contribution < 1.29 is 9.47 Å². The van der Waals surface area contributed by atoms with Gasteiger partial charge >= 0.3 is 0 Å². The normalized spacial score (nSPS) is 16.8. The molecule has 2 N–H and O–H groups in total. The van der Waals surface area contributed by atoms with Crippen LogP contribution in [0.15, 0.2) is 47.5 Å². The number of para-hydroxylation sites is 1. The highest BCUT2D eigenvalue weighted by Crippen LogP contribution is 2.30. The molecule has 150 valence electrons. The first-order chi connectivity index (χ1) is 13.6. The molecule has 1 aliphatic rings. The summed E-state index contributed by atoms with van der Waals surface area (Å²) in [4.78, 5) is 6.79. The van der Waals surface area contributed by atoms with Crippen molar-refractivity contribution in [1.29, 1.82) is 0 Å². The van der Waals surface area contributed by atoms with E-state index in [0.29, 0.717) is 12.6 Å². The summed E-state index contributed by atoms with van der Waals surface area (Å²) in [7, 11) is 5.10. The van der Waals surface area contributed by atoms with Gasteiger partial charge in [-0.1, -0.05) is 29.8 Å². The quantitative estimate of drug-likeness (QED) is 0.594. The minimum absolute atomic E-state index is 0.361. The molecule has 2 aromatic carbocycles. The first kappa shape index (κ1) is 19.9. The lowest BCUT2D eigenvalue weighted by atomic mass is 10.2. The molecule has 1 fully saturated rings. The first-order valence-electron chi connectivity index (χ1n) is 9.63. The van der Waals surface area contributed by atoms with Crippen molar-refractivity contribution in [1.82, 2.24) is 10.6 Å². The highest BCUT2D eigenvalue weighted by Gasteiger charge is 2.23. The number of benzene rings is 2. The minimum Gasteiger partial charge on any atom is -0.493 e. The SMILES string of the molecule is CN=C(NCc1cccc(OC)c1OC)NC1CCN(c2ccc(C)cc2)C1. The summed E-state index contributed by atoms with van der Waals surface area (Å²) in [6.07, 6.45) is 1.08. The summed E-state index contributed by atoms with van der Waals surface area (Å²) in [5.74, 6) is 2.27.